The molecule has 0 aliphatic heterocycles. The van der Waals surface area contributed by atoms with Crippen molar-refractivity contribution in [3.63, 3.8) is 0 Å². The predicted molar refractivity (Wildman–Crippen MR) is 261 cm³/mol. The molecule has 0 radical (unpaired) electrons. The first kappa shape index (κ1) is 35.5. The summed E-state index contributed by atoms with van der Waals surface area (Å²) >= 11 is 0. The molecule has 0 unspecified atom stereocenters. The van der Waals surface area contributed by atoms with E-state index in [9.17, 15) is 0 Å². The van der Waals surface area contributed by atoms with Crippen molar-refractivity contribution in [3.8, 4) is 55.6 Å². The highest BCUT2D eigenvalue weighted by Gasteiger charge is 2.50. The van der Waals surface area contributed by atoms with Crippen molar-refractivity contribution in [3.05, 3.63) is 259 Å². The second-order valence-electron chi connectivity index (χ2n) is 16.7. The van der Waals surface area contributed by atoms with E-state index in [1.165, 1.54) is 66.8 Å². The van der Waals surface area contributed by atoms with Gasteiger partial charge >= 0.3 is 0 Å². The molecule has 63 heavy (non-hydrogen) atoms. The number of benzene rings is 10. The van der Waals surface area contributed by atoms with E-state index in [4.69, 9.17) is 4.42 Å². The minimum Gasteiger partial charge on any atom is -0.455 e. The number of hydrogen-bond acceptors (Lipinski definition) is 2. The summed E-state index contributed by atoms with van der Waals surface area (Å²) in [5, 5.41) is 2.26. The SMILES string of the molecule is c1ccc(-c2ccc(N(c3ccc(-c4cccc5c4oc4ccccc45)cc3)c3cccc4c3-c3ccccc3C43c4ccccc4-c4ccccc4-c4ccccc43)cc2)cc1. The van der Waals surface area contributed by atoms with Crippen molar-refractivity contribution in [2.45, 2.75) is 5.41 Å². The fraction of sp³-hybridized carbons (Fsp3) is 0.0164. The second kappa shape index (κ2) is 13.9. The maximum atomic E-state index is 6.51. The largest absolute Gasteiger partial charge is 0.455 e. The first-order valence-electron chi connectivity index (χ1n) is 21.8. The molecular formula is C61H39NO. The number of nitrogens with zero attached hydrogens (tertiary/aromatic N) is 1. The van der Waals surface area contributed by atoms with E-state index in [0.29, 0.717) is 0 Å². The van der Waals surface area contributed by atoms with E-state index in [1.54, 1.807) is 0 Å². The molecule has 0 bridgehead atoms. The summed E-state index contributed by atoms with van der Waals surface area (Å²) in [4.78, 5) is 2.46. The first-order chi connectivity index (χ1) is 31.3. The molecule has 1 heterocycles. The van der Waals surface area contributed by atoms with Gasteiger partial charge in [0.25, 0.3) is 0 Å². The Morgan fingerprint density at radius 3 is 1.43 bits per heavy atom. The predicted octanol–water partition coefficient (Wildman–Crippen LogP) is 16.4. The van der Waals surface area contributed by atoms with Crippen LogP contribution < -0.4 is 4.90 Å². The zero-order valence-corrected chi connectivity index (χ0v) is 34.4. The number of rotatable bonds is 5. The van der Waals surface area contributed by atoms with Crippen LogP contribution >= 0.6 is 0 Å². The van der Waals surface area contributed by atoms with Crippen molar-refractivity contribution in [2.24, 2.45) is 0 Å². The van der Waals surface area contributed by atoms with Gasteiger partial charge in [-0.05, 0) is 103 Å². The molecule has 0 saturated carbocycles. The van der Waals surface area contributed by atoms with E-state index in [0.717, 1.165) is 50.1 Å². The van der Waals surface area contributed by atoms with Crippen LogP contribution in [0, 0.1) is 0 Å². The van der Waals surface area contributed by atoms with Crippen LogP contribution in [-0.2, 0) is 5.41 Å². The molecule has 1 aromatic heterocycles. The Morgan fingerprint density at radius 1 is 0.302 bits per heavy atom. The molecule has 2 heteroatoms. The van der Waals surface area contributed by atoms with E-state index < -0.39 is 5.41 Å². The molecular weight excluding hydrogens is 763 g/mol. The topological polar surface area (TPSA) is 16.4 Å². The maximum absolute atomic E-state index is 6.51. The van der Waals surface area contributed by atoms with E-state index in [2.05, 4.69) is 235 Å². The number of para-hydroxylation sites is 2. The molecule has 1 spiro atoms. The van der Waals surface area contributed by atoms with Crippen molar-refractivity contribution in [1.29, 1.82) is 0 Å². The van der Waals surface area contributed by atoms with Gasteiger partial charge in [0.2, 0.25) is 0 Å². The third kappa shape index (κ3) is 5.19. The van der Waals surface area contributed by atoms with Gasteiger partial charge in [-0.15, -0.1) is 0 Å². The molecule has 10 aromatic carbocycles. The molecule has 2 aliphatic rings. The van der Waals surface area contributed by atoms with E-state index in [-0.39, 0.29) is 0 Å². The Kier molecular flexibility index (Phi) is 7.85. The summed E-state index contributed by atoms with van der Waals surface area (Å²) in [6, 6.07) is 86.7. The number of furan rings is 1. The van der Waals surface area contributed by atoms with Crippen molar-refractivity contribution >= 4 is 39.0 Å². The molecule has 13 rings (SSSR count). The van der Waals surface area contributed by atoms with Crippen molar-refractivity contribution < 1.29 is 4.42 Å². The first-order valence-corrected chi connectivity index (χ1v) is 21.8. The Morgan fingerprint density at radius 2 is 0.762 bits per heavy atom. The highest BCUT2D eigenvalue weighted by Crippen LogP contribution is 2.63. The quantitative estimate of drug-likeness (QED) is 0.172. The standard InChI is InChI=1S/C61H39NO/c1-2-16-40(17-3-1)41-32-36-43(37-33-41)62(44-38-34-42(35-39-44)45-24-14-25-51-50-22-9-13-31-58(50)63-60(45)51)57-30-15-29-56-59(57)52-23-8-12-28-55(52)61(56)53-26-10-6-20-48(53)46-18-4-5-19-47(46)49-21-7-11-27-54(49)61/h1-39H. The van der Waals surface area contributed by atoms with Gasteiger partial charge in [0.1, 0.15) is 11.2 Å². The fourth-order valence-corrected chi connectivity index (χ4v) is 10.9. The summed E-state index contributed by atoms with van der Waals surface area (Å²) < 4.78 is 6.51. The molecule has 0 fully saturated rings. The summed E-state index contributed by atoms with van der Waals surface area (Å²) in [7, 11) is 0. The van der Waals surface area contributed by atoms with Gasteiger partial charge in [-0.1, -0.05) is 200 Å². The molecule has 2 nitrogen and oxygen atoms in total. The Bertz CT molecular complexity index is 3490. The molecule has 0 atom stereocenters. The van der Waals surface area contributed by atoms with Crippen LogP contribution in [0.4, 0.5) is 17.1 Å². The fourth-order valence-electron chi connectivity index (χ4n) is 10.9. The number of fused-ring (bicyclic) bond motifs is 15. The zero-order valence-electron chi connectivity index (χ0n) is 34.4. The van der Waals surface area contributed by atoms with Crippen LogP contribution in [0.1, 0.15) is 22.3 Å². The molecule has 2 aliphatic carbocycles. The normalized spacial score (nSPS) is 12.9. The highest BCUT2D eigenvalue weighted by molar-refractivity contribution is 6.10. The lowest BCUT2D eigenvalue weighted by Gasteiger charge is -2.35. The highest BCUT2D eigenvalue weighted by atomic mass is 16.3. The average Bonchev–Trinajstić information content (AvgIpc) is 3.86. The zero-order chi connectivity index (χ0) is 41.5. The molecule has 0 N–H and O–H groups in total. The minimum absolute atomic E-state index is 0.577. The van der Waals surface area contributed by atoms with Gasteiger partial charge in [0.15, 0.2) is 0 Å². The van der Waals surface area contributed by atoms with E-state index in [1.807, 2.05) is 6.07 Å². The summed E-state index contributed by atoms with van der Waals surface area (Å²) in [6.45, 7) is 0. The number of anilines is 3. The second-order valence-corrected chi connectivity index (χ2v) is 16.7. The molecule has 11 aromatic rings. The van der Waals surface area contributed by atoms with Crippen LogP contribution in [-0.4, -0.2) is 0 Å². The minimum atomic E-state index is -0.577. The van der Waals surface area contributed by atoms with Gasteiger partial charge in [-0.25, -0.2) is 0 Å². The van der Waals surface area contributed by atoms with Crippen molar-refractivity contribution in [2.75, 3.05) is 4.90 Å². The van der Waals surface area contributed by atoms with Crippen LogP contribution in [0.15, 0.2) is 241 Å². The third-order valence-electron chi connectivity index (χ3n) is 13.5. The Hall–Kier alpha value is -8.20. The van der Waals surface area contributed by atoms with E-state index >= 15 is 0 Å². The lowest BCUT2D eigenvalue weighted by Crippen LogP contribution is -2.29. The monoisotopic (exact) mass is 801 g/mol. The van der Waals surface area contributed by atoms with Crippen molar-refractivity contribution in [1.82, 2.24) is 0 Å². The third-order valence-corrected chi connectivity index (χ3v) is 13.5. The Balaban J connectivity index is 1.05. The van der Waals surface area contributed by atoms with Gasteiger partial charge in [-0.2, -0.15) is 0 Å². The lowest BCUT2D eigenvalue weighted by atomic mass is 9.66. The Labute approximate surface area is 366 Å². The summed E-state index contributed by atoms with van der Waals surface area (Å²) in [5.41, 5.74) is 21.8. The smallest absolute Gasteiger partial charge is 0.143 e. The van der Waals surface area contributed by atoms with Crippen LogP contribution in [0.3, 0.4) is 0 Å². The average molecular weight is 802 g/mol. The van der Waals surface area contributed by atoms with Crippen LogP contribution in [0.2, 0.25) is 0 Å². The molecule has 0 saturated heterocycles. The van der Waals surface area contributed by atoms with Crippen LogP contribution in [0.5, 0.6) is 0 Å². The van der Waals surface area contributed by atoms with Gasteiger partial charge in [-0.3, -0.25) is 0 Å². The maximum Gasteiger partial charge on any atom is 0.143 e. The van der Waals surface area contributed by atoms with Crippen LogP contribution in [0.25, 0.3) is 77.6 Å². The van der Waals surface area contributed by atoms with Gasteiger partial charge in [0, 0.05) is 33.3 Å². The summed E-state index contributed by atoms with van der Waals surface area (Å²) in [5.74, 6) is 0. The lowest BCUT2D eigenvalue weighted by molar-refractivity contribution is 0.670. The number of hydrogen-bond donors (Lipinski definition) is 0. The van der Waals surface area contributed by atoms with Gasteiger partial charge < -0.3 is 9.32 Å². The van der Waals surface area contributed by atoms with Gasteiger partial charge in [0.05, 0.1) is 11.1 Å². The summed E-state index contributed by atoms with van der Waals surface area (Å²) in [6.07, 6.45) is 0. The molecule has 0 amide bonds. The molecule has 294 valence electrons.